The maximum absolute atomic E-state index is 13.4. The predicted molar refractivity (Wildman–Crippen MR) is 111 cm³/mol. The van der Waals surface area contributed by atoms with Gasteiger partial charge < -0.3 is 19.1 Å². The fourth-order valence-corrected chi connectivity index (χ4v) is 4.63. The topological polar surface area (TPSA) is 82.8 Å². The summed E-state index contributed by atoms with van der Waals surface area (Å²) >= 11 is 0. The number of piperazine rings is 1. The van der Waals surface area contributed by atoms with Gasteiger partial charge in [0.15, 0.2) is 5.76 Å². The van der Waals surface area contributed by atoms with Crippen LogP contribution in [0.4, 0.5) is 5.95 Å². The number of carbonyl (C=O) groups excluding carboxylic acids is 2. The largest absolute Gasteiger partial charge is 0.459 e. The van der Waals surface area contributed by atoms with E-state index < -0.39 is 0 Å². The van der Waals surface area contributed by atoms with Crippen LogP contribution in [-0.2, 0) is 12.8 Å². The van der Waals surface area contributed by atoms with Gasteiger partial charge in [0.1, 0.15) is 5.69 Å². The molecule has 30 heavy (non-hydrogen) atoms. The number of hydrogen-bond donors (Lipinski definition) is 0. The molecule has 0 spiro atoms. The van der Waals surface area contributed by atoms with Gasteiger partial charge in [-0.05, 0) is 50.7 Å². The first-order valence-electron chi connectivity index (χ1n) is 11.0. The second-order valence-corrected chi connectivity index (χ2v) is 8.26. The lowest BCUT2D eigenvalue weighted by molar-refractivity contribution is 0.0514. The Hall–Kier alpha value is -2.90. The van der Waals surface area contributed by atoms with Crippen LogP contribution in [0.15, 0.2) is 22.8 Å². The van der Waals surface area contributed by atoms with Crippen molar-refractivity contribution in [3.63, 3.8) is 0 Å². The molecule has 2 fully saturated rings. The monoisotopic (exact) mass is 409 g/mol. The second kappa shape index (κ2) is 8.08. The smallest absolute Gasteiger partial charge is 0.289 e. The first-order chi connectivity index (χ1) is 14.7. The predicted octanol–water partition coefficient (Wildman–Crippen LogP) is 2.15. The molecule has 8 heteroatoms. The average molecular weight is 409 g/mol. The molecule has 2 amide bonds. The normalized spacial score (nSPS) is 19.1. The highest BCUT2D eigenvalue weighted by molar-refractivity contribution is 5.95. The summed E-state index contributed by atoms with van der Waals surface area (Å²) in [6.07, 6.45) is 7.78. The molecule has 5 rings (SSSR count). The van der Waals surface area contributed by atoms with Crippen molar-refractivity contribution < 1.29 is 14.0 Å². The molecule has 8 nitrogen and oxygen atoms in total. The van der Waals surface area contributed by atoms with E-state index in [2.05, 4.69) is 4.90 Å². The van der Waals surface area contributed by atoms with Gasteiger partial charge in [0.2, 0.25) is 5.95 Å². The van der Waals surface area contributed by atoms with Gasteiger partial charge in [-0.15, -0.1) is 0 Å². The number of rotatable bonds is 3. The van der Waals surface area contributed by atoms with Gasteiger partial charge in [0, 0.05) is 50.5 Å². The Kier molecular flexibility index (Phi) is 5.14. The molecule has 0 unspecified atom stereocenters. The van der Waals surface area contributed by atoms with E-state index in [4.69, 9.17) is 14.4 Å². The number of amides is 2. The summed E-state index contributed by atoms with van der Waals surface area (Å²) in [5.74, 6) is 0.905. The third-order valence-corrected chi connectivity index (χ3v) is 6.35. The second-order valence-electron chi connectivity index (χ2n) is 8.26. The van der Waals surface area contributed by atoms with Crippen molar-refractivity contribution in [2.24, 2.45) is 0 Å². The Morgan fingerprint density at radius 2 is 1.53 bits per heavy atom. The number of aryl methyl sites for hydroxylation is 1. The van der Waals surface area contributed by atoms with Crippen LogP contribution in [0.2, 0.25) is 0 Å². The van der Waals surface area contributed by atoms with E-state index in [0.717, 1.165) is 62.9 Å². The summed E-state index contributed by atoms with van der Waals surface area (Å²) in [5, 5.41) is 0. The summed E-state index contributed by atoms with van der Waals surface area (Å²) in [6, 6.07) is 3.39. The van der Waals surface area contributed by atoms with Crippen molar-refractivity contribution in [1.29, 1.82) is 0 Å². The molecule has 0 saturated carbocycles. The van der Waals surface area contributed by atoms with Gasteiger partial charge in [0.05, 0.1) is 6.26 Å². The van der Waals surface area contributed by atoms with Crippen LogP contribution in [0.1, 0.15) is 58.0 Å². The number of aromatic nitrogens is 2. The Labute approximate surface area is 175 Å². The molecule has 0 radical (unpaired) electrons. The van der Waals surface area contributed by atoms with Crippen molar-refractivity contribution >= 4 is 17.8 Å². The molecule has 0 aromatic carbocycles. The molecule has 1 aliphatic carbocycles. The fraction of sp³-hybridized carbons (Fsp3) is 0.545. The number of fused-ring (bicyclic) bond motifs is 1. The minimum atomic E-state index is -0.122. The molecule has 0 N–H and O–H groups in total. The first kappa shape index (κ1) is 19.1. The molecule has 2 aromatic heterocycles. The van der Waals surface area contributed by atoms with Crippen molar-refractivity contribution in [3.05, 3.63) is 41.1 Å². The highest BCUT2D eigenvalue weighted by Crippen LogP contribution is 2.27. The van der Waals surface area contributed by atoms with Gasteiger partial charge in [-0.25, -0.2) is 9.97 Å². The van der Waals surface area contributed by atoms with E-state index in [0.29, 0.717) is 43.6 Å². The van der Waals surface area contributed by atoms with Crippen LogP contribution in [0.25, 0.3) is 0 Å². The fourth-order valence-electron chi connectivity index (χ4n) is 4.63. The maximum atomic E-state index is 13.4. The maximum Gasteiger partial charge on any atom is 0.289 e. The van der Waals surface area contributed by atoms with Crippen LogP contribution in [-0.4, -0.2) is 70.9 Å². The molecular formula is C22H27N5O3. The third-order valence-electron chi connectivity index (χ3n) is 6.35. The van der Waals surface area contributed by atoms with E-state index in [1.807, 2.05) is 4.90 Å². The highest BCUT2D eigenvalue weighted by Gasteiger charge is 2.31. The van der Waals surface area contributed by atoms with Crippen LogP contribution >= 0.6 is 0 Å². The van der Waals surface area contributed by atoms with Gasteiger partial charge in [-0.2, -0.15) is 0 Å². The summed E-state index contributed by atoms with van der Waals surface area (Å²) < 4.78 is 5.22. The number of nitrogens with zero attached hydrogens (tertiary/aromatic N) is 5. The number of hydrogen-bond acceptors (Lipinski definition) is 6. The molecule has 4 heterocycles. The standard InChI is InChI=1S/C22H27N5O3/c28-20(18-8-5-15-30-18)25-11-13-26(14-12-25)21(29)19-16-6-1-2-7-17(16)23-22(24-19)27-9-3-4-10-27/h5,8,15H,1-4,6-7,9-14H2. The summed E-state index contributed by atoms with van der Waals surface area (Å²) in [7, 11) is 0. The Balaban J connectivity index is 1.34. The summed E-state index contributed by atoms with van der Waals surface area (Å²) in [4.78, 5) is 41.3. The molecule has 2 saturated heterocycles. The van der Waals surface area contributed by atoms with Crippen LogP contribution in [0.3, 0.4) is 0 Å². The van der Waals surface area contributed by atoms with Crippen molar-refractivity contribution in [2.75, 3.05) is 44.2 Å². The lowest BCUT2D eigenvalue weighted by atomic mass is 9.94. The Morgan fingerprint density at radius 1 is 0.833 bits per heavy atom. The Bertz CT molecular complexity index is 928. The van der Waals surface area contributed by atoms with Crippen molar-refractivity contribution in [3.8, 4) is 0 Å². The molecular weight excluding hydrogens is 382 g/mol. The molecule has 158 valence electrons. The van der Waals surface area contributed by atoms with Gasteiger partial charge in [-0.3, -0.25) is 9.59 Å². The number of furan rings is 1. The van der Waals surface area contributed by atoms with E-state index in [9.17, 15) is 9.59 Å². The van der Waals surface area contributed by atoms with Crippen LogP contribution < -0.4 is 4.90 Å². The SMILES string of the molecule is O=C(c1ccco1)N1CCN(C(=O)c2nc(N3CCCC3)nc3c2CCCC3)CC1. The molecule has 2 aromatic rings. The first-order valence-corrected chi connectivity index (χ1v) is 11.0. The van der Waals surface area contributed by atoms with Gasteiger partial charge >= 0.3 is 0 Å². The van der Waals surface area contributed by atoms with Crippen LogP contribution in [0.5, 0.6) is 0 Å². The van der Waals surface area contributed by atoms with E-state index in [-0.39, 0.29) is 11.8 Å². The summed E-state index contributed by atoms with van der Waals surface area (Å²) in [6.45, 7) is 3.92. The zero-order chi connectivity index (χ0) is 20.5. The minimum Gasteiger partial charge on any atom is -0.459 e. The molecule has 2 aliphatic heterocycles. The number of anilines is 1. The minimum absolute atomic E-state index is 0.0268. The average Bonchev–Trinajstić information content (AvgIpc) is 3.52. The van der Waals surface area contributed by atoms with E-state index in [1.165, 1.54) is 6.26 Å². The quantitative estimate of drug-likeness (QED) is 0.773. The lowest BCUT2D eigenvalue weighted by Gasteiger charge is -2.34. The van der Waals surface area contributed by atoms with Gasteiger partial charge in [-0.1, -0.05) is 0 Å². The molecule has 0 atom stereocenters. The van der Waals surface area contributed by atoms with Gasteiger partial charge in [0.25, 0.3) is 11.8 Å². The lowest BCUT2D eigenvalue weighted by Crippen LogP contribution is -2.51. The highest BCUT2D eigenvalue weighted by atomic mass is 16.3. The van der Waals surface area contributed by atoms with Crippen molar-refractivity contribution in [1.82, 2.24) is 19.8 Å². The van der Waals surface area contributed by atoms with Crippen LogP contribution in [0, 0.1) is 0 Å². The number of carbonyl (C=O) groups is 2. The van der Waals surface area contributed by atoms with Crippen molar-refractivity contribution in [2.45, 2.75) is 38.5 Å². The Morgan fingerprint density at radius 3 is 2.23 bits per heavy atom. The summed E-state index contributed by atoms with van der Waals surface area (Å²) in [5.41, 5.74) is 2.66. The molecule has 3 aliphatic rings. The van der Waals surface area contributed by atoms with E-state index in [1.54, 1.807) is 17.0 Å². The third kappa shape index (κ3) is 3.55. The zero-order valence-electron chi connectivity index (χ0n) is 17.2. The molecule has 0 bridgehead atoms. The zero-order valence-corrected chi connectivity index (χ0v) is 17.2. The van der Waals surface area contributed by atoms with E-state index >= 15 is 0 Å².